The molecule has 2 amide bonds. The molecular weight excluding hydrogens is 247 g/mol. The summed E-state index contributed by atoms with van der Waals surface area (Å²) in [7, 11) is 0. The van der Waals surface area contributed by atoms with E-state index in [0.717, 1.165) is 16.8 Å². The number of rotatable bonds is 3. The van der Waals surface area contributed by atoms with Crippen molar-refractivity contribution in [1.29, 1.82) is 0 Å². The molecule has 0 saturated carbocycles. The van der Waals surface area contributed by atoms with Gasteiger partial charge in [0, 0.05) is 0 Å². The Hall–Kier alpha value is -0.510. The summed E-state index contributed by atoms with van der Waals surface area (Å²) in [6.45, 7) is 12.0. The van der Waals surface area contributed by atoms with Gasteiger partial charge in [-0.3, -0.25) is 4.79 Å². The number of benzene rings is 1. The van der Waals surface area contributed by atoms with Crippen molar-refractivity contribution in [3.8, 4) is 0 Å². The monoisotopic (exact) mass is 270 g/mol. The van der Waals surface area contributed by atoms with Crippen LogP contribution in [0.15, 0.2) is 18.2 Å². The molecule has 4 heteroatoms. The normalized spacial score (nSPS) is 10.3. The van der Waals surface area contributed by atoms with Crippen molar-refractivity contribution in [3.05, 3.63) is 34.6 Å². The fourth-order valence-corrected chi connectivity index (χ4v) is 2.17. The SMILES string of the molecule is Cc1cccc(C)c1[N-]C(=O)N(C(C)C)C(C)C.[Na+]. The molecule has 1 rings (SSSR count). The molecule has 0 bridgehead atoms. The number of amides is 2. The van der Waals surface area contributed by atoms with Gasteiger partial charge >= 0.3 is 29.6 Å². The van der Waals surface area contributed by atoms with Gasteiger partial charge in [0.1, 0.15) is 0 Å². The first-order valence-corrected chi connectivity index (χ1v) is 6.44. The van der Waals surface area contributed by atoms with Crippen molar-refractivity contribution < 1.29 is 34.4 Å². The zero-order chi connectivity index (χ0) is 13.9. The molecule has 0 N–H and O–H groups in total. The fraction of sp³-hybridized carbons (Fsp3) is 0.533. The van der Waals surface area contributed by atoms with Crippen molar-refractivity contribution in [2.75, 3.05) is 0 Å². The van der Waals surface area contributed by atoms with Crippen molar-refractivity contribution in [3.63, 3.8) is 0 Å². The van der Waals surface area contributed by atoms with E-state index in [1.54, 1.807) is 4.90 Å². The molecule has 0 atom stereocenters. The van der Waals surface area contributed by atoms with E-state index in [0.29, 0.717) is 0 Å². The van der Waals surface area contributed by atoms with Crippen LogP contribution in [0.5, 0.6) is 0 Å². The van der Waals surface area contributed by atoms with Crippen molar-refractivity contribution in [1.82, 2.24) is 4.90 Å². The van der Waals surface area contributed by atoms with Crippen LogP contribution >= 0.6 is 0 Å². The van der Waals surface area contributed by atoms with Gasteiger partial charge in [-0.15, -0.1) is 0 Å². The summed E-state index contributed by atoms with van der Waals surface area (Å²) < 4.78 is 0. The van der Waals surface area contributed by atoms with E-state index in [1.165, 1.54) is 0 Å². The minimum Gasteiger partial charge on any atom is -0.431 e. The third-order valence-electron chi connectivity index (χ3n) is 2.98. The summed E-state index contributed by atoms with van der Waals surface area (Å²) >= 11 is 0. The number of hydrogen-bond donors (Lipinski definition) is 0. The van der Waals surface area contributed by atoms with Crippen molar-refractivity contribution >= 4 is 11.7 Å². The number of carbonyl (C=O) groups excluding carboxylic acids is 1. The third-order valence-corrected chi connectivity index (χ3v) is 2.98. The molecule has 0 fully saturated rings. The molecule has 0 aliphatic carbocycles. The van der Waals surface area contributed by atoms with Gasteiger partial charge in [-0.05, 0) is 42.7 Å². The maximum absolute atomic E-state index is 12.3. The largest absolute Gasteiger partial charge is 1.00 e. The van der Waals surface area contributed by atoms with E-state index in [2.05, 4.69) is 5.32 Å². The number of carbonyl (C=O) groups is 1. The smallest absolute Gasteiger partial charge is 0.431 e. The van der Waals surface area contributed by atoms with Crippen LogP contribution in [0.1, 0.15) is 38.8 Å². The zero-order valence-corrected chi connectivity index (χ0v) is 15.2. The second kappa shape index (κ2) is 7.93. The van der Waals surface area contributed by atoms with Gasteiger partial charge in [-0.1, -0.05) is 45.9 Å². The standard InChI is InChI=1S/C15H24N2O.Na/c1-10(2)17(11(3)4)15(18)16-14-12(5)8-7-9-13(14)6;/h7-11H,1-6H3,(H,16,18);/q;+1/p-1. The maximum Gasteiger partial charge on any atom is 1.00 e. The van der Waals surface area contributed by atoms with Crippen LogP contribution in [-0.4, -0.2) is 23.0 Å². The second-order valence-corrected chi connectivity index (χ2v) is 5.23. The van der Waals surface area contributed by atoms with Crippen LogP contribution in [0, 0.1) is 13.8 Å². The Labute approximate surface area is 139 Å². The molecule has 3 nitrogen and oxygen atoms in total. The van der Waals surface area contributed by atoms with Crippen LogP contribution in [0.25, 0.3) is 5.32 Å². The van der Waals surface area contributed by atoms with Gasteiger partial charge in [-0.2, -0.15) is 0 Å². The molecule has 0 heterocycles. The third kappa shape index (κ3) is 4.83. The summed E-state index contributed by atoms with van der Waals surface area (Å²) in [6, 6.07) is 6.10. The Morgan fingerprint density at radius 3 is 1.84 bits per heavy atom. The van der Waals surface area contributed by atoms with Gasteiger partial charge in [0.15, 0.2) is 6.03 Å². The fourth-order valence-electron chi connectivity index (χ4n) is 2.17. The topological polar surface area (TPSA) is 34.4 Å². The van der Waals surface area contributed by atoms with Gasteiger partial charge in [-0.25, -0.2) is 0 Å². The van der Waals surface area contributed by atoms with E-state index in [1.807, 2.05) is 59.7 Å². The van der Waals surface area contributed by atoms with E-state index in [4.69, 9.17) is 0 Å². The number of hydrogen-bond acceptors (Lipinski definition) is 1. The van der Waals surface area contributed by atoms with E-state index in [9.17, 15) is 4.79 Å². The first kappa shape index (κ1) is 18.5. The molecular formula is C15H23N2NaO. The molecule has 0 spiro atoms. The number of nitrogens with zero attached hydrogens (tertiary/aromatic N) is 2. The average Bonchev–Trinajstić information content (AvgIpc) is 2.22. The van der Waals surface area contributed by atoms with E-state index < -0.39 is 0 Å². The minimum absolute atomic E-state index is 0. The molecule has 1 aromatic rings. The summed E-state index contributed by atoms with van der Waals surface area (Å²) in [4.78, 5) is 14.1. The Morgan fingerprint density at radius 2 is 1.47 bits per heavy atom. The van der Waals surface area contributed by atoms with Crippen LogP contribution in [0.2, 0.25) is 0 Å². The average molecular weight is 270 g/mol. The Bertz CT molecular complexity index is 402. The molecule has 100 valence electrons. The number of urea groups is 1. The summed E-state index contributed by atoms with van der Waals surface area (Å²) in [5.41, 5.74) is 2.88. The molecule has 19 heavy (non-hydrogen) atoms. The molecule has 0 saturated heterocycles. The van der Waals surface area contributed by atoms with E-state index >= 15 is 0 Å². The summed E-state index contributed by atoms with van der Waals surface area (Å²) in [5.74, 6) is 0. The van der Waals surface area contributed by atoms with Gasteiger partial charge in [0.05, 0.1) is 0 Å². The summed E-state index contributed by atoms with van der Waals surface area (Å²) in [6.07, 6.45) is 0. The van der Waals surface area contributed by atoms with Crippen LogP contribution < -0.4 is 29.6 Å². The maximum atomic E-state index is 12.3. The van der Waals surface area contributed by atoms with Crippen LogP contribution in [0.4, 0.5) is 10.5 Å². The Kier molecular flexibility index (Phi) is 7.72. The Morgan fingerprint density at radius 1 is 1.05 bits per heavy atom. The van der Waals surface area contributed by atoms with Gasteiger partial charge in [0.2, 0.25) is 0 Å². The molecule has 0 unspecified atom stereocenters. The molecule has 0 aliphatic heterocycles. The molecule has 1 aromatic carbocycles. The quantitative estimate of drug-likeness (QED) is 0.767. The Balaban J connectivity index is 0.00000324. The van der Waals surface area contributed by atoms with Crippen LogP contribution in [0.3, 0.4) is 0 Å². The van der Waals surface area contributed by atoms with Crippen molar-refractivity contribution in [2.45, 2.75) is 53.6 Å². The zero-order valence-electron chi connectivity index (χ0n) is 13.2. The first-order chi connectivity index (χ1) is 8.34. The second-order valence-electron chi connectivity index (χ2n) is 5.23. The molecule has 0 aliphatic rings. The minimum atomic E-state index is -0.155. The number of aryl methyl sites for hydroxylation is 2. The van der Waals surface area contributed by atoms with Gasteiger partial charge < -0.3 is 10.2 Å². The first-order valence-electron chi connectivity index (χ1n) is 6.44. The van der Waals surface area contributed by atoms with E-state index in [-0.39, 0.29) is 47.7 Å². The summed E-state index contributed by atoms with van der Waals surface area (Å²) in [5, 5.41) is 4.29. The predicted octanol–water partition coefficient (Wildman–Crippen LogP) is 1.55. The van der Waals surface area contributed by atoms with Crippen LogP contribution in [-0.2, 0) is 0 Å². The number of para-hydroxylation sites is 1. The van der Waals surface area contributed by atoms with Crippen molar-refractivity contribution in [2.24, 2.45) is 0 Å². The predicted molar refractivity (Wildman–Crippen MR) is 76.4 cm³/mol. The molecule has 0 aromatic heterocycles. The molecule has 0 radical (unpaired) electrons. The van der Waals surface area contributed by atoms with Gasteiger partial charge in [0.25, 0.3) is 0 Å².